The van der Waals surface area contributed by atoms with Crippen molar-refractivity contribution in [3.05, 3.63) is 85.3 Å². The van der Waals surface area contributed by atoms with E-state index in [9.17, 15) is 14.4 Å². The molecule has 170 valence electrons. The van der Waals surface area contributed by atoms with E-state index in [1.807, 2.05) is 6.07 Å². The lowest BCUT2D eigenvalue weighted by Gasteiger charge is -2.13. The Morgan fingerprint density at radius 1 is 1.06 bits per heavy atom. The van der Waals surface area contributed by atoms with Crippen molar-refractivity contribution in [3.63, 3.8) is 0 Å². The number of nitrogens with one attached hydrogen (secondary N) is 1. The number of nitrogens with zero attached hydrogens (tertiary/aromatic N) is 2. The van der Waals surface area contributed by atoms with Crippen LogP contribution in [0.3, 0.4) is 0 Å². The summed E-state index contributed by atoms with van der Waals surface area (Å²) in [5.74, 6) is 0.756. The number of methoxy groups -OCH3 is 2. The van der Waals surface area contributed by atoms with E-state index in [2.05, 4.69) is 5.32 Å². The average molecular weight is 486 g/mol. The zero-order valence-electron chi connectivity index (χ0n) is 17.8. The van der Waals surface area contributed by atoms with E-state index in [1.54, 1.807) is 48.9 Å². The van der Waals surface area contributed by atoms with Crippen LogP contribution in [0.5, 0.6) is 11.5 Å². The molecule has 1 N–H and O–H groups in total. The lowest BCUT2D eigenvalue weighted by Crippen LogP contribution is -2.41. The summed E-state index contributed by atoms with van der Waals surface area (Å²) >= 11 is 7.27. The van der Waals surface area contributed by atoms with Crippen LogP contribution in [-0.2, 0) is 17.9 Å². The van der Waals surface area contributed by atoms with Gasteiger partial charge in [-0.3, -0.25) is 14.2 Å². The molecule has 0 spiro atoms. The summed E-state index contributed by atoms with van der Waals surface area (Å²) in [4.78, 5) is 39.0. The van der Waals surface area contributed by atoms with Gasteiger partial charge >= 0.3 is 5.69 Å². The predicted octanol–water partition coefficient (Wildman–Crippen LogP) is 3.20. The zero-order chi connectivity index (χ0) is 23.5. The highest BCUT2D eigenvalue weighted by Gasteiger charge is 2.18. The van der Waals surface area contributed by atoms with Crippen molar-refractivity contribution in [1.29, 1.82) is 0 Å². The van der Waals surface area contributed by atoms with Gasteiger partial charge in [0, 0.05) is 11.6 Å². The number of fused-ring (bicyclic) bond motifs is 1. The van der Waals surface area contributed by atoms with Gasteiger partial charge < -0.3 is 14.8 Å². The van der Waals surface area contributed by atoms with Gasteiger partial charge in [-0.25, -0.2) is 9.36 Å². The molecular formula is C23H20ClN3O5S. The van der Waals surface area contributed by atoms with Crippen molar-refractivity contribution in [3.8, 4) is 17.2 Å². The van der Waals surface area contributed by atoms with E-state index >= 15 is 0 Å². The fourth-order valence-corrected chi connectivity index (χ4v) is 4.48. The number of benzene rings is 2. The molecule has 2 aromatic heterocycles. The third kappa shape index (κ3) is 4.50. The fraction of sp³-hybridized carbons (Fsp3) is 0.174. The van der Waals surface area contributed by atoms with Crippen molar-refractivity contribution in [2.24, 2.45) is 0 Å². The van der Waals surface area contributed by atoms with Gasteiger partial charge in [-0.1, -0.05) is 23.7 Å². The molecule has 0 saturated heterocycles. The number of thiophene rings is 1. The van der Waals surface area contributed by atoms with Crippen molar-refractivity contribution in [2.45, 2.75) is 13.1 Å². The molecule has 33 heavy (non-hydrogen) atoms. The minimum Gasteiger partial charge on any atom is -0.493 e. The summed E-state index contributed by atoms with van der Waals surface area (Å²) in [6, 6.07) is 13.4. The van der Waals surface area contributed by atoms with Gasteiger partial charge in [-0.2, -0.15) is 0 Å². The SMILES string of the molecule is COc1ccc(CNC(=O)Cn2c(=O)n(-c3cccc(Cl)c3)c(=O)c3sccc32)cc1OC. The summed E-state index contributed by atoms with van der Waals surface area (Å²) in [7, 11) is 3.08. The molecule has 4 rings (SSSR count). The van der Waals surface area contributed by atoms with Crippen molar-refractivity contribution >= 4 is 39.1 Å². The highest BCUT2D eigenvalue weighted by molar-refractivity contribution is 7.17. The van der Waals surface area contributed by atoms with Crippen LogP contribution < -0.4 is 26.0 Å². The van der Waals surface area contributed by atoms with E-state index in [0.29, 0.717) is 32.4 Å². The van der Waals surface area contributed by atoms with Crippen LogP contribution in [0.1, 0.15) is 5.56 Å². The van der Waals surface area contributed by atoms with Gasteiger partial charge in [0.1, 0.15) is 11.2 Å². The second-order valence-corrected chi connectivity index (χ2v) is 8.44. The molecule has 0 unspecified atom stereocenters. The molecule has 0 atom stereocenters. The van der Waals surface area contributed by atoms with Crippen LogP contribution >= 0.6 is 22.9 Å². The molecule has 1 amide bonds. The number of hydrogen-bond acceptors (Lipinski definition) is 6. The molecular weight excluding hydrogens is 466 g/mol. The number of amides is 1. The summed E-state index contributed by atoms with van der Waals surface area (Å²) in [6.45, 7) is -0.0190. The summed E-state index contributed by atoms with van der Waals surface area (Å²) in [5.41, 5.74) is 0.489. The molecule has 10 heteroatoms. The maximum Gasteiger partial charge on any atom is 0.336 e. The van der Waals surface area contributed by atoms with E-state index in [1.165, 1.54) is 29.1 Å². The maximum absolute atomic E-state index is 13.3. The van der Waals surface area contributed by atoms with E-state index < -0.39 is 11.2 Å². The van der Waals surface area contributed by atoms with Crippen LogP contribution in [0.15, 0.2) is 63.5 Å². The first kappa shape index (κ1) is 22.6. The van der Waals surface area contributed by atoms with Gasteiger partial charge in [-0.15, -0.1) is 11.3 Å². The van der Waals surface area contributed by atoms with Gasteiger partial charge in [0.15, 0.2) is 11.5 Å². The largest absolute Gasteiger partial charge is 0.493 e. The molecule has 2 aromatic carbocycles. The Kier molecular flexibility index (Phi) is 6.52. The Hall–Kier alpha value is -3.56. The lowest BCUT2D eigenvalue weighted by atomic mass is 10.2. The number of carbonyl (C=O) groups is 1. The minimum atomic E-state index is -0.616. The standard InChI is InChI=1S/C23H20ClN3O5S/c1-31-18-7-6-14(10-19(18)32-2)12-25-20(28)13-26-17-8-9-33-21(17)22(29)27(23(26)30)16-5-3-4-15(24)11-16/h3-11H,12-13H2,1-2H3,(H,25,28). The molecule has 0 bridgehead atoms. The van der Waals surface area contributed by atoms with Crippen LogP contribution in [0.4, 0.5) is 0 Å². The number of halogens is 1. The van der Waals surface area contributed by atoms with E-state index in [-0.39, 0.29) is 19.0 Å². The highest BCUT2D eigenvalue weighted by Crippen LogP contribution is 2.27. The Morgan fingerprint density at radius 2 is 1.85 bits per heavy atom. The Bertz CT molecular complexity index is 1460. The summed E-state index contributed by atoms with van der Waals surface area (Å²) in [5, 5.41) is 4.91. The normalized spacial score (nSPS) is 10.9. The topological polar surface area (TPSA) is 91.6 Å². The first-order chi connectivity index (χ1) is 15.9. The third-order valence-electron chi connectivity index (χ3n) is 5.06. The quantitative estimate of drug-likeness (QED) is 0.434. The molecule has 8 nitrogen and oxygen atoms in total. The van der Waals surface area contributed by atoms with Gasteiger partial charge in [0.05, 0.1) is 25.4 Å². The molecule has 2 heterocycles. The van der Waals surface area contributed by atoms with E-state index in [4.69, 9.17) is 21.1 Å². The lowest BCUT2D eigenvalue weighted by molar-refractivity contribution is -0.121. The first-order valence-electron chi connectivity index (χ1n) is 9.89. The number of rotatable bonds is 7. The molecule has 0 aliphatic rings. The van der Waals surface area contributed by atoms with Gasteiger partial charge in [-0.05, 0) is 47.3 Å². The predicted molar refractivity (Wildman–Crippen MR) is 128 cm³/mol. The van der Waals surface area contributed by atoms with Crippen LogP contribution in [0, 0.1) is 0 Å². The number of hydrogen-bond donors (Lipinski definition) is 1. The molecule has 4 aromatic rings. The van der Waals surface area contributed by atoms with Crippen LogP contribution in [0.2, 0.25) is 5.02 Å². The second kappa shape index (κ2) is 9.51. The van der Waals surface area contributed by atoms with Crippen LogP contribution in [0.25, 0.3) is 15.9 Å². The Balaban J connectivity index is 1.64. The van der Waals surface area contributed by atoms with Crippen LogP contribution in [-0.4, -0.2) is 29.3 Å². The van der Waals surface area contributed by atoms with Crippen molar-refractivity contribution in [1.82, 2.24) is 14.5 Å². The summed E-state index contributed by atoms with van der Waals surface area (Å²) in [6.07, 6.45) is 0. The molecule has 0 aliphatic heterocycles. The maximum atomic E-state index is 13.3. The molecule has 0 fully saturated rings. The average Bonchev–Trinajstić information content (AvgIpc) is 3.30. The monoisotopic (exact) mass is 485 g/mol. The highest BCUT2D eigenvalue weighted by atomic mass is 35.5. The van der Waals surface area contributed by atoms with E-state index in [0.717, 1.165) is 10.1 Å². The second-order valence-electron chi connectivity index (χ2n) is 7.09. The smallest absolute Gasteiger partial charge is 0.336 e. The number of aromatic nitrogens is 2. The van der Waals surface area contributed by atoms with Gasteiger partial charge in [0.25, 0.3) is 5.56 Å². The first-order valence-corrected chi connectivity index (χ1v) is 11.1. The fourth-order valence-electron chi connectivity index (χ4n) is 3.47. The minimum absolute atomic E-state index is 0.231. The zero-order valence-corrected chi connectivity index (χ0v) is 19.4. The van der Waals surface area contributed by atoms with Crippen molar-refractivity contribution < 1.29 is 14.3 Å². The van der Waals surface area contributed by atoms with Gasteiger partial charge in [0.2, 0.25) is 5.91 Å². The van der Waals surface area contributed by atoms with Crippen molar-refractivity contribution in [2.75, 3.05) is 14.2 Å². The third-order valence-corrected chi connectivity index (χ3v) is 6.19. The molecule has 0 saturated carbocycles. The molecule has 0 aliphatic carbocycles. The number of ether oxygens (including phenoxy) is 2. The number of carbonyl (C=O) groups excluding carboxylic acids is 1. The molecule has 0 radical (unpaired) electrons. The Labute approximate surface area is 197 Å². The Morgan fingerprint density at radius 3 is 2.58 bits per heavy atom. The summed E-state index contributed by atoms with van der Waals surface area (Å²) < 4.78 is 13.2.